The molecule has 0 aliphatic carbocycles. The molecule has 134 valence electrons. The van der Waals surface area contributed by atoms with Crippen LogP contribution in [0.15, 0.2) is 66.2 Å². The van der Waals surface area contributed by atoms with Crippen LogP contribution < -0.4 is 0 Å². The maximum atomic E-state index is 13.4. The largest absolute Gasteiger partial charge is 0.481 e. The van der Waals surface area contributed by atoms with Crippen molar-refractivity contribution in [1.29, 1.82) is 0 Å². The van der Waals surface area contributed by atoms with Crippen molar-refractivity contribution in [2.24, 2.45) is 0 Å². The van der Waals surface area contributed by atoms with E-state index in [0.717, 1.165) is 22.5 Å². The smallest absolute Gasteiger partial charge is 0.309 e. The molecule has 0 fully saturated rings. The number of benzene rings is 2. The highest BCUT2D eigenvalue weighted by Gasteiger charge is 2.19. The van der Waals surface area contributed by atoms with Gasteiger partial charge in [0, 0.05) is 10.9 Å². The molecule has 2 heterocycles. The summed E-state index contributed by atoms with van der Waals surface area (Å²) in [5.74, 6) is -1.24. The lowest BCUT2D eigenvalue weighted by atomic mass is 10.1. The monoisotopic (exact) mass is 379 g/mol. The Bertz CT molecular complexity index is 1090. The fourth-order valence-corrected chi connectivity index (χ4v) is 3.65. The molecule has 2 aromatic carbocycles. The van der Waals surface area contributed by atoms with Crippen molar-refractivity contribution in [2.45, 2.75) is 6.42 Å². The lowest BCUT2D eigenvalue weighted by molar-refractivity contribution is -0.136. The number of aromatic nitrogens is 3. The molecule has 4 rings (SSSR count). The fourth-order valence-electron chi connectivity index (χ4n) is 2.82. The van der Waals surface area contributed by atoms with E-state index >= 15 is 0 Å². The van der Waals surface area contributed by atoms with Gasteiger partial charge in [-0.2, -0.15) is 5.10 Å². The van der Waals surface area contributed by atoms with Crippen molar-refractivity contribution in [3.63, 3.8) is 0 Å². The zero-order valence-corrected chi connectivity index (χ0v) is 14.9. The van der Waals surface area contributed by atoms with Gasteiger partial charge in [0.1, 0.15) is 10.8 Å². The summed E-state index contributed by atoms with van der Waals surface area (Å²) in [6.45, 7) is 0. The molecule has 0 spiro atoms. The van der Waals surface area contributed by atoms with Crippen LogP contribution in [0, 0.1) is 5.82 Å². The van der Waals surface area contributed by atoms with Gasteiger partial charge in [0.05, 0.1) is 35.3 Å². The summed E-state index contributed by atoms with van der Waals surface area (Å²) in [6, 6.07) is 15.8. The maximum absolute atomic E-state index is 13.4. The van der Waals surface area contributed by atoms with Crippen LogP contribution in [0.4, 0.5) is 4.39 Å². The van der Waals surface area contributed by atoms with Crippen molar-refractivity contribution in [3.8, 4) is 27.5 Å². The molecule has 0 saturated carbocycles. The van der Waals surface area contributed by atoms with E-state index in [1.807, 2.05) is 30.3 Å². The van der Waals surface area contributed by atoms with Gasteiger partial charge in [-0.15, -0.1) is 11.3 Å². The Labute approximate surface area is 158 Å². The molecule has 4 aromatic rings. The van der Waals surface area contributed by atoms with Crippen LogP contribution in [-0.4, -0.2) is 25.8 Å². The summed E-state index contributed by atoms with van der Waals surface area (Å²) in [7, 11) is 0. The number of carboxylic acid groups (broad SMARTS) is 1. The number of rotatable bonds is 5. The second-order valence-electron chi connectivity index (χ2n) is 5.88. The second kappa shape index (κ2) is 7.13. The SMILES string of the molecule is O=C(O)Cc1csc(-c2cnn(-c3ccccc3)c2-c2ccc(F)cc2)n1. The van der Waals surface area contributed by atoms with Gasteiger partial charge in [-0.3, -0.25) is 4.79 Å². The van der Waals surface area contributed by atoms with Crippen LogP contribution in [0.1, 0.15) is 5.69 Å². The minimum Gasteiger partial charge on any atom is -0.481 e. The molecule has 1 N–H and O–H groups in total. The van der Waals surface area contributed by atoms with Gasteiger partial charge in [0.25, 0.3) is 0 Å². The predicted octanol–water partition coefficient (Wildman–Crippen LogP) is 4.43. The van der Waals surface area contributed by atoms with E-state index in [-0.39, 0.29) is 12.2 Å². The van der Waals surface area contributed by atoms with Gasteiger partial charge in [-0.25, -0.2) is 14.1 Å². The summed E-state index contributed by atoms with van der Waals surface area (Å²) in [5.41, 5.74) is 3.71. The molecule has 0 aliphatic rings. The zero-order valence-electron chi connectivity index (χ0n) is 14.0. The Morgan fingerprint density at radius 3 is 2.56 bits per heavy atom. The zero-order chi connectivity index (χ0) is 18.8. The predicted molar refractivity (Wildman–Crippen MR) is 101 cm³/mol. The normalized spacial score (nSPS) is 10.9. The van der Waals surface area contributed by atoms with Gasteiger partial charge in [0.15, 0.2) is 0 Å². The van der Waals surface area contributed by atoms with E-state index in [2.05, 4.69) is 10.1 Å². The molecular formula is C20H14FN3O2S. The van der Waals surface area contributed by atoms with Gasteiger partial charge < -0.3 is 5.11 Å². The highest BCUT2D eigenvalue weighted by Crippen LogP contribution is 2.35. The van der Waals surface area contributed by atoms with Crippen molar-refractivity contribution in [1.82, 2.24) is 14.8 Å². The van der Waals surface area contributed by atoms with Crippen LogP contribution >= 0.6 is 11.3 Å². The number of thiazole rings is 1. The molecule has 27 heavy (non-hydrogen) atoms. The molecule has 7 heteroatoms. The minimum absolute atomic E-state index is 0.130. The van der Waals surface area contributed by atoms with Gasteiger partial charge >= 0.3 is 5.97 Å². The molecule has 0 amide bonds. The standard InChI is InChI=1S/C20H14FN3O2S/c21-14-8-6-13(7-9-14)19-17(20-23-15(12-27-20)10-18(25)26)11-22-24(19)16-4-2-1-3-5-16/h1-9,11-12H,10H2,(H,25,26). The van der Waals surface area contributed by atoms with Gasteiger partial charge in [-0.1, -0.05) is 18.2 Å². The van der Waals surface area contributed by atoms with Crippen LogP contribution in [0.25, 0.3) is 27.5 Å². The van der Waals surface area contributed by atoms with E-state index in [1.54, 1.807) is 28.4 Å². The van der Waals surface area contributed by atoms with Gasteiger partial charge in [0.2, 0.25) is 0 Å². The quantitative estimate of drug-likeness (QED) is 0.557. The third-order valence-corrected chi connectivity index (χ3v) is 4.93. The lowest BCUT2D eigenvalue weighted by Gasteiger charge is -2.09. The molecule has 0 atom stereocenters. The first-order chi connectivity index (χ1) is 13.1. The van der Waals surface area contributed by atoms with E-state index in [4.69, 9.17) is 5.11 Å². The number of para-hydroxylation sites is 1. The van der Waals surface area contributed by atoms with Crippen LogP contribution in [0.3, 0.4) is 0 Å². The lowest BCUT2D eigenvalue weighted by Crippen LogP contribution is -2.00. The third-order valence-electron chi connectivity index (χ3n) is 4.00. The van der Waals surface area contributed by atoms with Crippen molar-refractivity contribution in [2.75, 3.05) is 0 Å². The summed E-state index contributed by atoms with van der Waals surface area (Å²) in [5, 5.41) is 15.9. The molecule has 0 aliphatic heterocycles. The maximum Gasteiger partial charge on any atom is 0.309 e. The van der Waals surface area contributed by atoms with E-state index < -0.39 is 5.97 Å². The summed E-state index contributed by atoms with van der Waals surface area (Å²) >= 11 is 1.36. The molecule has 0 radical (unpaired) electrons. The summed E-state index contributed by atoms with van der Waals surface area (Å²) in [4.78, 5) is 15.4. The number of hydrogen-bond acceptors (Lipinski definition) is 4. The van der Waals surface area contributed by atoms with Crippen molar-refractivity contribution >= 4 is 17.3 Å². The van der Waals surface area contributed by atoms with Crippen LogP contribution in [0.2, 0.25) is 0 Å². The number of carboxylic acids is 1. The number of aliphatic carboxylic acids is 1. The highest BCUT2D eigenvalue weighted by atomic mass is 32.1. The number of hydrogen-bond donors (Lipinski definition) is 1. The summed E-state index contributed by atoms with van der Waals surface area (Å²) in [6.07, 6.45) is 1.57. The number of nitrogens with zero attached hydrogens (tertiary/aromatic N) is 3. The highest BCUT2D eigenvalue weighted by molar-refractivity contribution is 7.13. The molecule has 5 nitrogen and oxygen atoms in total. The molecule has 0 saturated heterocycles. The fraction of sp³-hybridized carbons (Fsp3) is 0.0500. The van der Waals surface area contributed by atoms with Crippen LogP contribution in [-0.2, 0) is 11.2 Å². The summed E-state index contributed by atoms with van der Waals surface area (Å²) < 4.78 is 15.2. The Kier molecular flexibility index (Phi) is 4.52. The topological polar surface area (TPSA) is 68.0 Å². The van der Waals surface area contributed by atoms with E-state index in [9.17, 15) is 9.18 Å². The Balaban J connectivity index is 1.87. The first-order valence-electron chi connectivity index (χ1n) is 8.18. The minimum atomic E-state index is -0.925. The molecular weight excluding hydrogens is 365 g/mol. The third kappa shape index (κ3) is 3.50. The first-order valence-corrected chi connectivity index (χ1v) is 9.06. The Hall–Kier alpha value is -3.32. The Morgan fingerprint density at radius 2 is 1.85 bits per heavy atom. The molecule has 2 aromatic heterocycles. The first kappa shape index (κ1) is 17.1. The van der Waals surface area contributed by atoms with Crippen molar-refractivity contribution < 1.29 is 14.3 Å². The van der Waals surface area contributed by atoms with E-state index in [1.165, 1.54) is 23.5 Å². The van der Waals surface area contributed by atoms with Gasteiger partial charge in [-0.05, 0) is 36.4 Å². The van der Waals surface area contributed by atoms with E-state index in [0.29, 0.717) is 10.7 Å². The second-order valence-corrected chi connectivity index (χ2v) is 6.73. The average Bonchev–Trinajstić information content (AvgIpc) is 3.29. The molecule has 0 unspecified atom stereocenters. The Morgan fingerprint density at radius 1 is 1.11 bits per heavy atom. The average molecular weight is 379 g/mol. The molecule has 0 bridgehead atoms. The van der Waals surface area contributed by atoms with Crippen molar-refractivity contribution in [3.05, 3.63) is 77.7 Å². The number of carbonyl (C=O) groups is 1. The number of halogens is 1. The van der Waals surface area contributed by atoms with Crippen LogP contribution in [0.5, 0.6) is 0 Å².